The number of aliphatic hydroxyl groups excluding tert-OH is 14. The van der Waals surface area contributed by atoms with E-state index in [1.54, 1.807) is 13.8 Å². The summed E-state index contributed by atoms with van der Waals surface area (Å²) in [6.45, 7) is 4.69. The van der Waals surface area contributed by atoms with E-state index in [0.29, 0.717) is 6.42 Å². The zero-order valence-corrected chi connectivity index (χ0v) is 48.7. The Balaban J connectivity index is 0.00000548. The first-order valence-corrected chi connectivity index (χ1v) is 22.8. The quantitative estimate of drug-likeness (QED) is 0.0448. The molecule has 6 heterocycles. The maximum Gasteiger partial charge on any atom is 0.196 e. The second kappa shape index (κ2) is 28.6. The minimum absolute atomic E-state index is 0. The topological polar surface area (TPSA) is 438 Å². The van der Waals surface area contributed by atoms with Crippen LogP contribution in [-0.2, 0) is 56.8 Å². The Morgan fingerprint density at radius 3 is 1.63 bits per heavy atom. The molecule has 6 saturated heterocycles. The van der Waals surface area contributed by atoms with E-state index < -0.39 is 210 Å². The molecule has 408 valence electrons. The van der Waals surface area contributed by atoms with Crippen LogP contribution in [0.5, 0.6) is 0 Å². The van der Waals surface area contributed by atoms with Gasteiger partial charge >= 0.3 is 0 Å². The van der Waals surface area contributed by atoms with Gasteiger partial charge in [0.05, 0.1) is 51.3 Å². The molecule has 16 N–H and O–H groups in total. The van der Waals surface area contributed by atoms with E-state index in [9.17, 15) is 76.6 Å². The second-order valence-electron chi connectivity index (χ2n) is 18.1. The Kier molecular flexibility index (Phi) is 26.2. The fraction of sp³-hybridized carbons (Fsp3) is 0.951. The van der Waals surface area contributed by atoms with Crippen LogP contribution in [0.15, 0.2) is 12.7 Å². The Morgan fingerprint density at radius 2 is 1.03 bits per heavy atom. The summed E-state index contributed by atoms with van der Waals surface area (Å²) in [7, 11) is 0. The van der Waals surface area contributed by atoms with E-state index in [2.05, 4.69) is 6.58 Å². The molecule has 0 saturated carbocycles. The monoisotopic (exact) mass is 1460 g/mol. The van der Waals surface area contributed by atoms with Gasteiger partial charge in [0.25, 0.3) is 0 Å². The summed E-state index contributed by atoms with van der Waals surface area (Å²) in [4.78, 5) is 0. The molecular weight excluding hydrogens is 1390 g/mol. The molecule has 0 spiro atoms. The predicted octanol–water partition coefficient (Wildman–Crippen LogP) is -7.76. The molecule has 0 aliphatic carbocycles. The van der Waals surface area contributed by atoms with E-state index in [0.717, 1.165) is 0 Å². The summed E-state index contributed by atoms with van der Waals surface area (Å²) in [5, 5.41) is 162. The van der Waals surface area contributed by atoms with Crippen molar-refractivity contribution in [3.05, 3.63) is 18.4 Å². The largest absolute Gasteiger partial charge is 0.670 e. The number of rotatable bonds is 18. The van der Waals surface area contributed by atoms with Crippen molar-refractivity contribution in [3.63, 3.8) is 0 Å². The van der Waals surface area contributed by atoms with Gasteiger partial charge in [-0.2, -0.15) is 0 Å². The van der Waals surface area contributed by atoms with E-state index in [1.165, 1.54) is 13.0 Å². The third kappa shape index (κ3) is 14.3. The van der Waals surface area contributed by atoms with E-state index in [-0.39, 0.29) is 94.7 Å². The predicted molar refractivity (Wildman–Crippen MR) is 220 cm³/mol. The molecule has 2 radical (unpaired) electrons. The van der Waals surface area contributed by atoms with Crippen molar-refractivity contribution < 1.29 is 222 Å². The summed E-state index contributed by atoms with van der Waals surface area (Å²) < 4.78 is 69.0. The van der Waals surface area contributed by atoms with Crippen molar-refractivity contribution >= 4 is 0 Å². The summed E-state index contributed by atoms with van der Waals surface area (Å²) >= 11 is 0. The van der Waals surface area contributed by atoms with E-state index >= 15 is 0 Å². The molecule has 0 aromatic carbocycles. The van der Waals surface area contributed by atoms with Crippen LogP contribution in [0.1, 0.15) is 33.6 Å². The number of hydrogen-bond acceptors (Lipinski definition) is 27. The molecule has 0 aromatic rings. The number of aliphatic hydroxyl groups is 15. The molecule has 29 atom stereocenters. The molecule has 30 heteroatoms. The van der Waals surface area contributed by atoms with Crippen molar-refractivity contribution in [1.82, 2.24) is 0 Å². The van der Waals surface area contributed by atoms with Crippen molar-refractivity contribution in [3.8, 4) is 0 Å². The smallest absolute Gasteiger partial charge is 0.196 e. The minimum Gasteiger partial charge on any atom is -0.670 e. The van der Waals surface area contributed by atoms with Crippen molar-refractivity contribution in [2.45, 2.75) is 205 Å². The van der Waals surface area contributed by atoms with Gasteiger partial charge in [0.15, 0.2) is 37.2 Å². The molecule has 18 unspecified atom stereocenters. The van der Waals surface area contributed by atoms with Crippen LogP contribution in [-0.4, -0.2) is 281 Å². The van der Waals surface area contributed by atoms with Gasteiger partial charge in [0, 0.05) is 94.0 Å². The molecule has 6 rings (SSSR count). The minimum atomic E-state index is -2.75. The maximum atomic E-state index is 11.8. The van der Waals surface area contributed by atoms with E-state index in [4.69, 9.17) is 62.6 Å². The molecule has 28 nitrogen and oxygen atoms in total. The third-order valence-electron chi connectivity index (χ3n) is 13.4. The van der Waals surface area contributed by atoms with Crippen LogP contribution >= 0.6 is 0 Å². The Morgan fingerprint density at radius 1 is 0.521 bits per heavy atom. The molecule has 6 fully saturated rings. The van der Waals surface area contributed by atoms with Crippen LogP contribution in [0.25, 0.3) is 5.73 Å². The van der Waals surface area contributed by atoms with Crippen LogP contribution in [0.4, 0.5) is 0 Å². The summed E-state index contributed by atoms with van der Waals surface area (Å²) in [6, 6.07) is -1.74. The number of hydrogen-bond donors (Lipinski definition) is 15. The van der Waals surface area contributed by atoms with Crippen molar-refractivity contribution in [2.75, 3.05) is 33.0 Å². The van der Waals surface area contributed by atoms with E-state index in [1.807, 2.05) is 0 Å². The van der Waals surface area contributed by atoms with Gasteiger partial charge < -0.3 is 139 Å². The van der Waals surface area contributed by atoms with Crippen LogP contribution in [0.3, 0.4) is 0 Å². The first-order valence-electron chi connectivity index (χ1n) is 22.8. The van der Waals surface area contributed by atoms with Gasteiger partial charge in [0.1, 0.15) is 110 Å². The van der Waals surface area contributed by atoms with Crippen molar-refractivity contribution in [1.29, 1.82) is 0 Å². The molecule has 0 amide bonds. The zero-order valence-electron chi connectivity index (χ0n) is 39.2. The molecule has 6 aliphatic rings. The Hall–Kier alpha value is 1.50. The Labute approximate surface area is 479 Å². The normalized spacial score (nSPS) is 50.6. The summed E-state index contributed by atoms with van der Waals surface area (Å²) in [6.07, 6.45) is -42.0. The fourth-order valence-corrected chi connectivity index (χ4v) is 9.20. The SMILES string of the molecule is C=CCO[C@@H]1OC(CC)[C@H](O[C@@H]2OC(CO)[C@H](O[C@@H]3OC(CO)[C@H](O)C(OC4OC(CO)[C@@](O)(O[C@@H]5OC(CO)[C@H](O)C(O)C5O[C@@H]5OC(C)[C@H](O)C(O)C5O)CC4[NH-])C3O)C(O)C2O)C(C)C1O.[Ac].[Ac]. The average Bonchev–Trinajstić information content (AvgIpc) is 3.32. The van der Waals surface area contributed by atoms with Gasteiger partial charge in [-0.1, -0.05) is 26.0 Å². The number of nitrogens with one attached hydrogen (secondary N) is 1. The van der Waals surface area contributed by atoms with Crippen LogP contribution in [0.2, 0.25) is 0 Å². The molecule has 0 bridgehead atoms. The second-order valence-corrected chi connectivity index (χ2v) is 18.1. The third-order valence-corrected chi connectivity index (χ3v) is 13.4. The molecular formula is C41H70Ac2NO27-. The molecule has 6 aliphatic heterocycles. The van der Waals surface area contributed by atoms with Gasteiger partial charge in [-0.05, 0) is 19.8 Å². The first kappa shape index (κ1) is 65.0. The maximum absolute atomic E-state index is 11.8. The van der Waals surface area contributed by atoms with Crippen LogP contribution in [0, 0.1) is 94.0 Å². The summed E-state index contributed by atoms with van der Waals surface area (Å²) in [5.41, 5.74) is 8.86. The molecule has 71 heavy (non-hydrogen) atoms. The van der Waals surface area contributed by atoms with Gasteiger partial charge in [0.2, 0.25) is 0 Å². The fourth-order valence-electron chi connectivity index (χ4n) is 9.20. The zero-order chi connectivity index (χ0) is 50.8. The number of ether oxygens (including phenoxy) is 12. The summed E-state index contributed by atoms with van der Waals surface area (Å²) in [5.74, 6) is -3.41. The van der Waals surface area contributed by atoms with Crippen LogP contribution < -0.4 is 0 Å². The Bertz CT molecular complexity index is 1610. The average molecular weight is 1460 g/mol. The van der Waals surface area contributed by atoms with Gasteiger partial charge in [-0.25, -0.2) is 0 Å². The molecule has 0 aromatic heterocycles. The first-order chi connectivity index (χ1) is 32.7. The standard InChI is InChI=1S/C41H70NO27.2Ac/c1-5-7-58-36-21(47)13(3)31(16(6-2)60-36)65-38-29(55)27(53)32(19(11-45)63-38)66-39-30(56)33(24(50)18(10-44)61-39)67-35-15(42)8-41(57,20(12-46)64-35)69-40-34(26(52)23(49)17(9-43)62-40)68-37-28(54)25(51)22(48)14(4)59-37;;/h5,13-40,42-57H,1,6-12H2,2-4H3;;/q-1;;/t13?,14?,15?,16?,17?,18?,19?,20?,21?,22-,23-,24-,25?,26?,27?,28?,29?,30?,31+,32-,33?,34?,35?,36+,37-,38-,39-,40-,41-;;/m0../s1. The van der Waals surface area contributed by atoms with Crippen molar-refractivity contribution in [2.24, 2.45) is 5.92 Å². The van der Waals surface area contributed by atoms with Gasteiger partial charge in [-0.15, -0.1) is 6.58 Å². The van der Waals surface area contributed by atoms with Gasteiger partial charge in [-0.3, -0.25) is 0 Å².